The molecule has 0 aliphatic heterocycles. The highest BCUT2D eigenvalue weighted by atomic mass is 79.9. The zero-order valence-electron chi connectivity index (χ0n) is 7.95. The van der Waals surface area contributed by atoms with Crippen molar-refractivity contribution >= 4 is 21.8 Å². The average Bonchev–Trinajstić information content (AvgIpc) is 2.64. The van der Waals surface area contributed by atoms with Crippen molar-refractivity contribution in [2.45, 2.75) is 6.43 Å². The summed E-state index contributed by atoms with van der Waals surface area (Å²) in [7, 11) is 0. The lowest BCUT2D eigenvalue weighted by molar-refractivity contribution is 0.150. The first-order chi connectivity index (χ1) is 7.58. The average molecular weight is 289 g/mol. The van der Waals surface area contributed by atoms with E-state index in [4.69, 9.17) is 10.3 Å². The Morgan fingerprint density at radius 2 is 2.06 bits per heavy atom. The maximum Gasteiger partial charge on any atom is 0.264 e. The molecule has 0 spiro atoms. The van der Waals surface area contributed by atoms with Gasteiger partial charge in [-0.05, 0) is 6.07 Å². The molecule has 0 amide bonds. The number of nitrogen functional groups attached to an aromatic ring is 1. The summed E-state index contributed by atoms with van der Waals surface area (Å²) in [5.41, 5.74) is 6.49. The second kappa shape index (κ2) is 4.21. The van der Waals surface area contributed by atoms with Crippen molar-refractivity contribution in [3.63, 3.8) is 0 Å². The molecule has 1 heterocycles. The number of alkyl halides is 2. The first-order valence-corrected chi connectivity index (χ1v) is 5.17. The molecule has 0 radical (unpaired) electrons. The van der Waals surface area contributed by atoms with Crippen LogP contribution in [0.4, 0.5) is 14.7 Å². The number of anilines is 1. The first kappa shape index (κ1) is 11.1. The second-order valence-electron chi connectivity index (χ2n) is 3.15. The highest BCUT2D eigenvalue weighted by molar-refractivity contribution is 9.10. The van der Waals surface area contributed by atoms with Crippen LogP contribution < -0.4 is 5.73 Å². The summed E-state index contributed by atoms with van der Waals surface area (Å²) in [6.07, 6.45) is -2.51. The zero-order chi connectivity index (χ0) is 11.7. The number of hydrogen-bond donors (Lipinski definition) is 1. The largest absolute Gasteiger partial charge is 0.368 e. The molecular formula is C10H7BrF2N2O. The molecule has 1 aromatic carbocycles. The summed E-state index contributed by atoms with van der Waals surface area (Å²) in [4.78, 5) is 0. The molecule has 16 heavy (non-hydrogen) atoms. The lowest BCUT2D eigenvalue weighted by atomic mass is 10.1. The van der Waals surface area contributed by atoms with Gasteiger partial charge in [-0.2, -0.15) is 0 Å². The summed E-state index contributed by atoms with van der Waals surface area (Å²) in [5.74, 6) is 0.184. The molecule has 2 rings (SSSR count). The Balaban J connectivity index is 2.42. The van der Waals surface area contributed by atoms with Crippen LogP contribution in [0.2, 0.25) is 0 Å². The van der Waals surface area contributed by atoms with E-state index < -0.39 is 6.43 Å². The summed E-state index contributed by atoms with van der Waals surface area (Å²) < 4.78 is 30.0. The number of benzene rings is 1. The number of nitrogens with two attached hydrogens (primary N) is 1. The van der Waals surface area contributed by atoms with Gasteiger partial charge in [0.15, 0.2) is 0 Å². The van der Waals surface area contributed by atoms with Gasteiger partial charge in [0.05, 0.1) is 0 Å². The Hall–Kier alpha value is -1.43. The van der Waals surface area contributed by atoms with E-state index in [0.29, 0.717) is 15.7 Å². The van der Waals surface area contributed by atoms with Crippen molar-refractivity contribution in [3.8, 4) is 11.3 Å². The van der Waals surface area contributed by atoms with E-state index >= 15 is 0 Å². The lowest BCUT2D eigenvalue weighted by Gasteiger charge is -2.04. The SMILES string of the molecule is Nc1cc(-c2ccc(C(F)F)c(Br)c2)no1. The van der Waals surface area contributed by atoms with Crippen LogP contribution in [-0.4, -0.2) is 5.16 Å². The molecule has 0 unspecified atom stereocenters. The fourth-order valence-corrected chi connectivity index (χ4v) is 1.84. The third-order valence-electron chi connectivity index (χ3n) is 2.06. The van der Waals surface area contributed by atoms with Gasteiger partial charge in [-0.25, -0.2) is 8.78 Å². The van der Waals surface area contributed by atoms with Crippen molar-refractivity contribution in [1.29, 1.82) is 0 Å². The van der Waals surface area contributed by atoms with Crippen LogP contribution in [0.25, 0.3) is 11.3 Å². The maximum atomic E-state index is 12.5. The van der Waals surface area contributed by atoms with Crippen LogP contribution in [0.3, 0.4) is 0 Å². The van der Waals surface area contributed by atoms with E-state index in [1.807, 2.05) is 0 Å². The Labute approximate surface area is 98.4 Å². The van der Waals surface area contributed by atoms with Crippen LogP contribution in [0.15, 0.2) is 33.3 Å². The molecule has 0 saturated carbocycles. The molecule has 0 atom stereocenters. The minimum absolute atomic E-state index is 0.0554. The van der Waals surface area contributed by atoms with E-state index in [9.17, 15) is 8.78 Å². The highest BCUT2D eigenvalue weighted by Gasteiger charge is 2.13. The molecular weight excluding hydrogens is 282 g/mol. The van der Waals surface area contributed by atoms with Crippen molar-refractivity contribution in [3.05, 3.63) is 34.3 Å². The summed E-state index contributed by atoms with van der Waals surface area (Å²) in [5, 5.41) is 3.69. The van der Waals surface area contributed by atoms with Crippen molar-refractivity contribution in [1.82, 2.24) is 5.16 Å². The van der Waals surface area contributed by atoms with E-state index in [0.717, 1.165) is 0 Å². The van der Waals surface area contributed by atoms with Gasteiger partial charge in [-0.15, -0.1) is 0 Å². The topological polar surface area (TPSA) is 52.0 Å². The molecule has 1 aromatic heterocycles. The number of aromatic nitrogens is 1. The van der Waals surface area contributed by atoms with Crippen LogP contribution in [0.5, 0.6) is 0 Å². The van der Waals surface area contributed by atoms with Crippen LogP contribution in [-0.2, 0) is 0 Å². The molecule has 2 N–H and O–H groups in total. The van der Waals surface area contributed by atoms with Crippen LogP contribution in [0, 0.1) is 0 Å². The number of hydrogen-bond acceptors (Lipinski definition) is 3. The van der Waals surface area contributed by atoms with Crippen molar-refractivity contribution < 1.29 is 13.3 Å². The summed E-state index contributed by atoms with van der Waals surface area (Å²) in [6.45, 7) is 0. The molecule has 0 saturated heterocycles. The minimum Gasteiger partial charge on any atom is -0.368 e. The predicted molar refractivity (Wildman–Crippen MR) is 59.0 cm³/mol. The lowest BCUT2D eigenvalue weighted by Crippen LogP contribution is -1.87. The normalized spacial score (nSPS) is 11.0. The van der Waals surface area contributed by atoms with E-state index in [2.05, 4.69) is 21.1 Å². The minimum atomic E-state index is -2.51. The van der Waals surface area contributed by atoms with Gasteiger partial charge >= 0.3 is 0 Å². The van der Waals surface area contributed by atoms with Gasteiger partial charge in [-0.1, -0.05) is 33.2 Å². The highest BCUT2D eigenvalue weighted by Crippen LogP contribution is 2.31. The van der Waals surface area contributed by atoms with Gasteiger partial charge in [0.1, 0.15) is 5.69 Å². The zero-order valence-corrected chi connectivity index (χ0v) is 9.54. The maximum absolute atomic E-state index is 12.5. The standard InChI is InChI=1S/C10H7BrF2N2O/c11-7-3-5(1-2-6(7)10(12)13)8-4-9(14)16-15-8/h1-4,10H,14H2. The quantitative estimate of drug-likeness (QED) is 0.918. The Kier molecular flexibility index (Phi) is 2.91. The van der Waals surface area contributed by atoms with E-state index in [1.165, 1.54) is 12.1 Å². The first-order valence-electron chi connectivity index (χ1n) is 4.38. The molecule has 2 aromatic rings. The molecule has 6 heteroatoms. The van der Waals surface area contributed by atoms with E-state index in [-0.39, 0.29) is 11.4 Å². The second-order valence-corrected chi connectivity index (χ2v) is 4.01. The number of nitrogens with zero attached hydrogens (tertiary/aromatic N) is 1. The van der Waals surface area contributed by atoms with Gasteiger partial charge in [-0.3, -0.25) is 0 Å². The van der Waals surface area contributed by atoms with Gasteiger partial charge in [0.2, 0.25) is 5.88 Å². The molecule has 0 fully saturated rings. The van der Waals surface area contributed by atoms with Gasteiger partial charge < -0.3 is 10.3 Å². The third kappa shape index (κ3) is 2.06. The number of halogens is 3. The van der Waals surface area contributed by atoms with Crippen LogP contribution >= 0.6 is 15.9 Å². The summed E-state index contributed by atoms with van der Waals surface area (Å²) >= 11 is 3.08. The smallest absolute Gasteiger partial charge is 0.264 e. The molecule has 3 nitrogen and oxygen atoms in total. The monoisotopic (exact) mass is 288 g/mol. The Bertz CT molecular complexity index is 513. The van der Waals surface area contributed by atoms with Crippen molar-refractivity contribution in [2.24, 2.45) is 0 Å². The third-order valence-corrected chi connectivity index (χ3v) is 2.75. The molecule has 0 aliphatic carbocycles. The van der Waals surface area contributed by atoms with Gasteiger partial charge in [0, 0.05) is 21.7 Å². The van der Waals surface area contributed by atoms with E-state index in [1.54, 1.807) is 12.1 Å². The van der Waals surface area contributed by atoms with Crippen LogP contribution in [0.1, 0.15) is 12.0 Å². The van der Waals surface area contributed by atoms with Crippen molar-refractivity contribution in [2.75, 3.05) is 5.73 Å². The molecule has 84 valence electrons. The fraction of sp³-hybridized carbons (Fsp3) is 0.100. The molecule has 0 bridgehead atoms. The summed E-state index contributed by atoms with van der Waals surface area (Å²) in [6, 6.07) is 5.97. The number of rotatable bonds is 2. The Morgan fingerprint density at radius 3 is 2.56 bits per heavy atom. The predicted octanol–water partition coefficient (Wildman–Crippen LogP) is 3.62. The fourth-order valence-electron chi connectivity index (χ4n) is 1.29. The Morgan fingerprint density at radius 1 is 1.31 bits per heavy atom. The van der Waals surface area contributed by atoms with Gasteiger partial charge in [0.25, 0.3) is 6.43 Å². The molecule has 0 aliphatic rings.